The SMILES string of the molecule is CCSCCC(=O)Nc1cc(N)ccc1OC. The van der Waals surface area contributed by atoms with Crippen LogP contribution in [0.1, 0.15) is 13.3 Å². The molecule has 4 nitrogen and oxygen atoms in total. The summed E-state index contributed by atoms with van der Waals surface area (Å²) in [6, 6.07) is 5.18. The maximum atomic E-state index is 11.6. The van der Waals surface area contributed by atoms with E-state index in [0.717, 1.165) is 11.5 Å². The fourth-order valence-electron chi connectivity index (χ4n) is 1.35. The number of thioether (sulfide) groups is 1. The normalized spacial score (nSPS) is 10.0. The standard InChI is InChI=1S/C12H18N2O2S/c1-3-17-7-6-12(15)14-10-8-9(13)4-5-11(10)16-2/h4-5,8H,3,6-7,13H2,1-2H3,(H,14,15). The number of amides is 1. The Morgan fingerprint density at radius 1 is 1.53 bits per heavy atom. The predicted molar refractivity (Wildman–Crippen MR) is 73.7 cm³/mol. The fourth-order valence-corrected chi connectivity index (χ4v) is 1.96. The molecule has 1 amide bonds. The molecule has 1 aromatic rings. The zero-order valence-corrected chi connectivity index (χ0v) is 11.0. The van der Waals surface area contributed by atoms with E-state index in [2.05, 4.69) is 12.2 Å². The van der Waals surface area contributed by atoms with Crippen LogP contribution in [0.4, 0.5) is 11.4 Å². The minimum absolute atomic E-state index is 0.0187. The van der Waals surface area contributed by atoms with Crippen molar-refractivity contribution in [2.75, 3.05) is 29.7 Å². The van der Waals surface area contributed by atoms with Crippen LogP contribution in [-0.2, 0) is 4.79 Å². The molecule has 17 heavy (non-hydrogen) atoms. The molecule has 0 fully saturated rings. The number of methoxy groups -OCH3 is 1. The molecule has 0 radical (unpaired) electrons. The Balaban J connectivity index is 2.60. The van der Waals surface area contributed by atoms with Gasteiger partial charge in [-0.25, -0.2) is 0 Å². The van der Waals surface area contributed by atoms with Gasteiger partial charge in [0.05, 0.1) is 12.8 Å². The smallest absolute Gasteiger partial charge is 0.225 e. The van der Waals surface area contributed by atoms with E-state index in [4.69, 9.17) is 10.5 Å². The van der Waals surface area contributed by atoms with Crippen molar-refractivity contribution in [3.63, 3.8) is 0 Å². The molecule has 94 valence electrons. The van der Waals surface area contributed by atoms with Gasteiger partial charge in [0.15, 0.2) is 0 Å². The zero-order valence-electron chi connectivity index (χ0n) is 10.2. The van der Waals surface area contributed by atoms with E-state index in [1.807, 2.05) is 0 Å². The molecular weight excluding hydrogens is 236 g/mol. The van der Waals surface area contributed by atoms with Crippen LogP contribution >= 0.6 is 11.8 Å². The molecular formula is C12H18N2O2S. The molecule has 0 aliphatic carbocycles. The average molecular weight is 254 g/mol. The number of carbonyl (C=O) groups is 1. The molecule has 5 heteroatoms. The van der Waals surface area contributed by atoms with Gasteiger partial charge in [0.25, 0.3) is 0 Å². The lowest BCUT2D eigenvalue weighted by molar-refractivity contribution is -0.115. The second-order valence-corrected chi connectivity index (χ2v) is 4.85. The van der Waals surface area contributed by atoms with Gasteiger partial charge < -0.3 is 15.8 Å². The molecule has 0 aromatic heterocycles. The number of nitrogens with two attached hydrogens (primary N) is 1. The Bertz CT molecular complexity index is 383. The monoisotopic (exact) mass is 254 g/mol. The number of benzene rings is 1. The second kappa shape index (κ2) is 7.06. The van der Waals surface area contributed by atoms with Crippen molar-refractivity contribution in [2.24, 2.45) is 0 Å². The Labute approximate surface area is 106 Å². The minimum Gasteiger partial charge on any atom is -0.495 e. The highest BCUT2D eigenvalue weighted by atomic mass is 32.2. The second-order valence-electron chi connectivity index (χ2n) is 3.45. The third-order valence-electron chi connectivity index (χ3n) is 2.18. The van der Waals surface area contributed by atoms with Crippen molar-refractivity contribution in [1.29, 1.82) is 0 Å². The van der Waals surface area contributed by atoms with Gasteiger partial charge in [0, 0.05) is 17.9 Å². The Kier molecular flexibility index (Phi) is 5.69. The van der Waals surface area contributed by atoms with Gasteiger partial charge >= 0.3 is 0 Å². The van der Waals surface area contributed by atoms with E-state index >= 15 is 0 Å². The lowest BCUT2D eigenvalue weighted by Gasteiger charge is -2.10. The van der Waals surface area contributed by atoms with Crippen LogP contribution < -0.4 is 15.8 Å². The number of hydrogen-bond donors (Lipinski definition) is 2. The van der Waals surface area contributed by atoms with Crippen molar-refractivity contribution in [2.45, 2.75) is 13.3 Å². The number of rotatable bonds is 6. The summed E-state index contributed by atoms with van der Waals surface area (Å²) in [5.41, 5.74) is 6.89. The quantitative estimate of drug-likeness (QED) is 0.604. The van der Waals surface area contributed by atoms with Gasteiger partial charge in [-0.2, -0.15) is 11.8 Å². The van der Waals surface area contributed by atoms with E-state index in [9.17, 15) is 4.79 Å². The summed E-state index contributed by atoms with van der Waals surface area (Å²) >= 11 is 1.74. The van der Waals surface area contributed by atoms with E-state index < -0.39 is 0 Å². The van der Waals surface area contributed by atoms with Gasteiger partial charge in [-0.05, 0) is 24.0 Å². The maximum Gasteiger partial charge on any atom is 0.225 e. The Hall–Kier alpha value is -1.36. The van der Waals surface area contributed by atoms with E-state index in [1.165, 1.54) is 0 Å². The molecule has 1 aromatic carbocycles. The number of anilines is 2. The van der Waals surface area contributed by atoms with Crippen LogP contribution in [0.15, 0.2) is 18.2 Å². The topological polar surface area (TPSA) is 64.4 Å². The molecule has 0 bridgehead atoms. The summed E-state index contributed by atoms with van der Waals surface area (Å²) in [6.07, 6.45) is 0.496. The van der Waals surface area contributed by atoms with Crippen molar-refractivity contribution in [3.8, 4) is 5.75 Å². The lowest BCUT2D eigenvalue weighted by atomic mass is 10.2. The summed E-state index contributed by atoms with van der Waals surface area (Å²) in [5, 5.41) is 2.80. The van der Waals surface area contributed by atoms with Gasteiger partial charge in [-0.15, -0.1) is 0 Å². The van der Waals surface area contributed by atoms with Crippen LogP contribution in [-0.4, -0.2) is 24.5 Å². The molecule has 0 saturated carbocycles. The van der Waals surface area contributed by atoms with Gasteiger partial charge in [-0.1, -0.05) is 6.92 Å². The highest BCUT2D eigenvalue weighted by Gasteiger charge is 2.07. The van der Waals surface area contributed by atoms with Crippen molar-refractivity contribution in [3.05, 3.63) is 18.2 Å². The van der Waals surface area contributed by atoms with Crippen molar-refractivity contribution >= 4 is 29.0 Å². The molecule has 0 atom stereocenters. The van der Waals surface area contributed by atoms with Gasteiger partial charge in [0.2, 0.25) is 5.91 Å². The molecule has 1 rings (SSSR count). The number of ether oxygens (including phenoxy) is 1. The molecule has 0 unspecified atom stereocenters. The molecule has 0 saturated heterocycles. The average Bonchev–Trinajstić information content (AvgIpc) is 2.29. The third kappa shape index (κ3) is 4.56. The molecule has 0 aliphatic heterocycles. The summed E-state index contributed by atoms with van der Waals surface area (Å²) in [7, 11) is 1.56. The molecule has 0 spiro atoms. The lowest BCUT2D eigenvalue weighted by Crippen LogP contribution is -2.13. The number of nitrogens with one attached hydrogen (secondary N) is 1. The Morgan fingerprint density at radius 3 is 2.94 bits per heavy atom. The van der Waals surface area contributed by atoms with Crippen molar-refractivity contribution in [1.82, 2.24) is 0 Å². The fraction of sp³-hybridized carbons (Fsp3) is 0.417. The van der Waals surface area contributed by atoms with Crippen LogP contribution in [0.3, 0.4) is 0 Å². The summed E-state index contributed by atoms with van der Waals surface area (Å²) in [4.78, 5) is 11.6. The van der Waals surface area contributed by atoms with Crippen LogP contribution in [0.5, 0.6) is 5.75 Å². The summed E-state index contributed by atoms with van der Waals surface area (Å²) < 4.78 is 5.15. The van der Waals surface area contributed by atoms with Crippen LogP contribution in [0.25, 0.3) is 0 Å². The molecule has 0 aliphatic rings. The van der Waals surface area contributed by atoms with Gasteiger partial charge in [-0.3, -0.25) is 4.79 Å². The van der Waals surface area contributed by atoms with E-state index in [-0.39, 0.29) is 5.91 Å². The molecule has 0 heterocycles. The largest absolute Gasteiger partial charge is 0.495 e. The zero-order chi connectivity index (χ0) is 12.7. The first-order valence-corrected chi connectivity index (χ1v) is 6.64. The first-order chi connectivity index (χ1) is 8.17. The number of nitrogen functional groups attached to an aromatic ring is 1. The molecule has 3 N–H and O–H groups in total. The number of carbonyl (C=O) groups excluding carboxylic acids is 1. The third-order valence-corrected chi connectivity index (χ3v) is 3.08. The predicted octanol–water partition coefficient (Wildman–Crippen LogP) is 2.36. The highest BCUT2D eigenvalue weighted by Crippen LogP contribution is 2.26. The van der Waals surface area contributed by atoms with Crippen LogP contribution in [0.2, 0.25) is 0 Å². The number of hydrogen-bond acceptors (Lipinski definition) is 4. The maximum absolute atomic E-state index is 11.6. The highest BCUT2D eigenvalue weighted by molar-refractivity contribution is 7.99. The first-order valence-electron chi connectivity index (χ1n) is 5.48. The van der Waals surface area contributed by atoms with Crippen LogP contribution in [0, 0.1) is 0 Å². The van der Waals surface area contributed by atoms with E-state index in [1.54, 1.807) is 37.1 Å². The van der Waals surface area contributed by atoms with E-state index in [0.29, 0.717) is 23.5 Å². The Morgan fingerprint density at radius 2 is 2.29 bits per heavy atom. The summed E-state index contributed by atoms with van der Waals surface area (Å²) in [5.74, 6) is 2.45. The van der Waals surface area contributed by atoms with Crippen molar-refractivity contribution < 1.29 is 9.53 Å². The summed E-state index contributed by atoms with van der Waals surface area (Å²) in [6.45, 7) is 2.07. The minimum atomic E-state index is -0.0187. The first kappa shape index (κ1) is 13.7. The van der Waals surface area contributed by atoms with Gasteiger partial charge in [0.1, 0.15) is 5.75 Å².